The third kappa shape index (κ3) is 8.29. The van der Waals surface area contributed by atoms with E-state index in [-0.39, 0.29) is 23.1 Å². The summed E-state index contributed by atoms with van der Waals surface area (Å²) in [6.07, 6.45) is 2.63. The van der Waals surface area contributed by atoms with Gasteiger partial charge in [-0.2, -0.15) is 11.8 Å². The zero-order valence-electron chi connectivity index (χ0n) is 15.4. The van der Waals surface area contributed by atoms with Gasteiger partial charge in [0, 0.05) is 17.4 Å². The molecule has 0 saturated carbocycles. The lowest BCUT2D eigenvalue weighted by Gasteiger charge is -2.19. The lowest BCUT2D eigenvalue weighted by molar-refractivity contribution is -0.142. The predicted molar refractivity (Wildman–Crippen MR) is 99.9 cm³/mol. The molecule has 0 aromatic heterocycles. The molecule has 0 N–H and O–H groups in total. The molecule has 25 heavy (non-hydrogen) atoms. The second-order valence-corrected chi connectivity index (χ2v) is 7.24. The minimum absolute atomic E-state index is 0.177. The van der Waals surface area contributed by atoms with Gasteiger partial charge < -0.3 is 14.2 Å². The van der Waals surface area contributed by atoms with Gasteiger partial charge in [0.15, 0.2) is 0 Å². The zero-order valence-corrected chi connectivity index (χ0v) is 16.3. The summed E-state index contributed by atoms with van der Waals surface area (Å²) in [6.45, 7) is 2.05. The smallest absolute Gasteiger partial charge is 0.306 e. The fourth-order valence-corrected chi connectivity index (χ4v) is 3.69. The number of methoxy groups -OCH3 is 3. The van der Waals surface area contributed by atoms with Crippen LogP contribution in [0, 0.1) is 5.92 Å². The number of carbonyl (C=O) groups is 2. The first-order valence-electron chi connectivity index (χ1n) is 8.39. The molecule has 2 unspecified atom stereocenters. The summed E-state index contributed by atoms with van der Waals surface area (Å²) in [6, 6.07) is 7.99. The SMILES string of the molecule is COC(=O)CCSC(CCC(C)CC(=O)OC)c1cccc(OC)c1. The molecule has 140 valence electrons. The lowest BCUT2D eigenvalue weighted by Crippen LogP contribution is -2.09. The van der Waals surface area contributed by atoms with Crippen LogP contribution in [0.25, 0.3) is 0 Å². The van der Waals surface area contributed by atoms with Crippen LogP contribution in [0.3, 0.4) is 0 Å². The Balaban J connectivity index is 2.69. The Morgan fingerprint density at radius 2 is 1.80 bits per heavy atom. The highest BCUT2D eigenvalue weighted by molar-refractivity contribution is 7.99. The summed E-state index contributed by atoms with van der Waals surface area (Å²) in [5.41, 5.74) is 1.17. The van der Waals surface area contributed by atoms with Crippen molar-refractivity contribution < 1.29 is 23.8 Å². The molecule has 0 aliphatic rings. The summed E-state index contributed by atoms with van der Waals surface area (Å²) >= 11 is 1.73. The standard InChI is InChI=1S/C19H28O5S/c1-14(12-19(21)24-4)8-9-17(25-11-10-18(20)23-3)15-6-5-7-16(13-15)22-2/h5-7,13-14,17H,8-12H2,1-4H3. The van der Waals surface area contributed by atoms with E-state index in [1.165, 1.54) is 19.8 Å². The van der Waals surface area contributed by atoms with Gasteiger partial charge in [-0.1, -0.05) is 19.1 Å². The molecule has 1 aromatic carbocycles. The van der Waals surface area contributed by atoms with Crippen molar-refractivity contribution in [3.8, 4) is 5.75 Å². The van der Waals surface area contributed by atoms with Crippen molar-refractivity contribution >= 4 is 23.7 Å². The van der Waals surface area contributed by atoms with E-state index in [4.69, 9.17) is 14.2 Å². The normalized spacial score (nSPS) is 13.0. The molecule has 0 aliphatic heterocycles. The van der Waals surface area contributed by atoms with E-state index in [1.807, 2.05) is 18.2 Å². The Morgan fingerprint density at radius 1 is 1.08 bits per heavy atom. The Labute approximate surface area is 154 Å². The van der Waals surface area contributed by atoms with E-state index in [0.29, 0.717) is 18.6 Å². The van der Waals surface area contributed by atoms with Crippen molar-refractivity contribution in [2.75, 3.05) is 27.1 Å². The number of carbonyl (C=O) groups excluding carboxylic acids is 2. The van der Waals surface area contributed by atoms with Crippen molar-refractivity contribution in [3.05, 3.63) is 29.8 Å². The fraction of sp³-hybridized carbons (Fsp3) is 0.579. The van der Waals surface area contributed by atoms with E-state index in [1.54, 1.807) is 18.9 Å². The van der Waals surface area contributed by atoms with Gasteiger partial charge in [-0.05, 0) is 36.5 Å². The molecule has 0 amide bonds. The molecular weight excluding hydrogens is 340 g/mol. The summed E-state index contributed by atoms with van der Waals surface area (Å²) in [5.74, 6) is 1.39. The third-order valence-corrected chi connectivity index (χ3v) is 5.33. The number of thioether (sulfide) groups is 1. The molecule has 5 nitrogen and oxygen atoms in total. The van der Waals surface area contributed by atoms with Gasteiger partial charge in [-0.15, -0.1) is 0 Å². The van der Waals surface area contributed by atoms with Gasteiger partial charge in [-0.3, -0.25) is 9.59 Å². The van der Waals surface area contributed by atoms with Crippen LogP contribution in [0.4, 0.5) is 0 Å². The average Bonchev–Trinajstić information content (AvgIpc) is 2.63. The molecule has 0 saturated heterocycles. The maximum atomic E-state index is 11.4. The largest absolute Gasteiger partial charge is 0.497 e. The number of ether oxygens (including phenoxy) is 3. The van der Waals surface area contributed by atoms with Gasteiger partial charge in [0.25, 0.3) is 0 Å². The molecule has 6 heteroatoms. The number of hydrogen-bond donors (Lipinski definition) is 0. The van der Waals surface area contributed by atoms with Gasteiger partial charge in [0.05, 0.1) is 27.8 Å². The highest BCUT2D eigenvalue weighted by atomic mass is 32.2. The molecule has 1 rings (SSSR count). The Kier molecular flexibility index (Phi) is 10.1. The molecule has 2 atom stereocenters. The van der Waals surface area contributed by atoms with Crippen molar-refractivity contribution in [2.24, 2.45) is 5.92 Å². The minimum Gasteiger partial charge on any atom is -0.497 e. The van der Waals surface area contributed by atoms with E-state index in [9.17, 15) is 9.59 Å². The average molecular weight is 368 g/mol. The van der Waals surface area contributed by atoms with E-state index in [0.717, 1.165) is 18.6 Å². The number of rotatable bonds is 11. The first-order valence-corrected chi connectivity index (χ1v) is 9.44. The molecule has 0 fully saturated rings. The molecule has 0 bridgehead atoms. The van der Waals surface area contributed by atoms with Crippen LogP contribution in [0.2, 0.25) is 0 Å². The maximum absolute atomic E-state index is 11.4. The monoisotopic (exact) mass is 368 g/mol. The molecule has 0 heterocycles. The van der Waals surface area contributed by atoms with Crippen LogP contribution in [0.1, 0.15) is 43.4 Å². The Hall–Kier alpha value is -1.69. The van der Waals surface area contributed by atoms with Gasteiger partial charge in [0.2, 0.25) is 0 Å². The molecule has 1 aromatic rings. The van der Waals surface area contributed by atoms with E-state index in [2.05, 4.69) is 13.0 Å². The summed E-state index contributed by atoms with van der Waals surface area (Å²) in [5, 5.41) is 0.236. The van der Waals surface area contributed by atoms with Gasteiger partial charge in [0.1, 0.15) is 5.75 Å². The quantitative estimate of drug-likeness (QED) is 0.550. The number of esters is 2. The van der Waals surface area contributed by atoms with Crippen LogP contribution >= 0.6 is 11.8 Å². The van der Waals surface area contributed by atoms with Crippen molar-refractivity contribution in [3.63, 3.8) is 0 Å². The summed E-state index contributed by atoms with van der Waals surface area (Å²) in [7, 11) is 4.47. The number of benzene rings is 1. The van der Waals surface area contributed by atoms with E-state index < -0.39 is 0 Å². The third-order valence-electron chi connectivity index (χ3n) is 3.98. The zero-order chi connectivity index (χ0) is 18.7. The topological polar surface area (TPSA) is 61.8 Å². The van der Waals surface area contributed by atoms with Crippen molar-refractivity contribution in [2.45, 2.75) is 37.9 Å². The Bertz CT molecular complexity index is 546. The van der Waals surface area contributed by atoms with Gasteiger partial charge >= 0.3 is 11.9 Å². The van der Waals surface area contributed by atoms with E-state index >= 15 is 0 Å². The van der Waals surface area contributed by atoms with Crippen LogP contribution in [-0.4, -0.2) is 39.0 Å². The first kappa shape index (κ1) is 21.4. The highest BCUT2D eigenvalue weighted by Gasteiger charge is 2.17. The second-order valence-electron chi connectivity index (χ2n) is 5.92. The number of hydrogen-bond acceptors (Lipinski definition) is 6. The lowest BCUT2D eigenvalue weighted by atomic mass is 9.98. The summed E-state index contributed by atoms with van der Waals surface area (Å²) in [4.78, 5) is 22.7. The maximum Gasteiger partial charge on any atom is 0.306 e. The van der Waals surface area contributed by atoms with Crippen molar-refractivity contribution in [1.82, 2.24) is 0 Å². The molecule has 0 spiro atoms. The molecule has 0 aliphatic carbocycles. The molecular formula is C19H28O5S. The Morgan fingerprint density at radius 3 is 2.44 bits per heavy atom. The van der Waals surface area contributed by atoms with Crippen LogP contribution in [-0.2, 0) is 19.1 Å². The summed E-state index contributed by atoms with van der Waals surface area (Å²) < 4.78 is 14.8. The van der Waals surface area contributed by atoms with Crippen molar-refractivity contribution in [1.29, 1.82) is 0 Å². The fourth-order valence-electron chi connectivity index (χ4n) is 2.48. The highest BCUT2D eigenvalue weighted by Crippen LogP contribution is 2.36. The molecule has 0 radical (unpaired) electrons. The first-order chi connectivity index (χ1) is 12.0. The second kappa shape index (κ2) is 11.8. The van der Waals surface area contributed by atoms with Gasteiger partial charge in [-0.25, -0.2) is 0 Å². The van der Waals surface area contributed by atoms with Crippen LogP contribution < -0.4 is 4.74 Å². The van der Waals surface area contributed by atoms with Crippen LogP contribution in [0.5, 0.6) is 5.75 Å². The van der Waals surface area contributed by atoms with Crippen LogP contribution in [0.15, 0.2) is 24.3 Å². The predicted octanol–water partition coefficient (Wildman–Crippen LogP) is 4.01. The minimum atomic E-state index is -0.198.